The zero-order valence-electron chi connectivity index (χ0n) is 22.4. The van der Waals surface area contributed by atoms with Crippen molar-refractivity contribution in [3.05, 3.63) is 179 Å². The van der Waals surface area contributed by atoms with Crippen molar-refractivity contribution in [3.63, 3.8) is 0 Å². The lowest BCUT2D eigenvalue weighted by Crippen LogP contribution is -2.30. The predicted molar refractivity (Wildman–Crippen MR) is 176 cm³/mol. The number of fused-ring (bicyclic) bond motifs is 3. The van der Waals surface area contributed by atoms with Gasteiger partial charge in [0.1, 0.15) is 0 Å². The Bertz CT molecular complexity index is 2120. The minimum atomic E-state index is 0.341. The van der Waals surface area contributed by atoms with Crippen LogP contribution in [0.4, 0.5) is 0 Å². The Balaban J connectivity index is 1.13. The van der Waals surface area contributed by atoms with E-state index in [9.17, 15) is 0 Å². The Morgan fingerprint density at radius 2 is 1.15 bits per heavy atom. The number of allylic oxidation sites excluding steroid dienone is 14. The maximum absolute atomic E-state index is 2.41. The van der Waals surface area contributed by atoms with E-state index in [2.05, 4.69) is 146 Å². The number of hydrogen-bond acceptors (Lipinski definition) is 1. The van der Waals surface area contributed by atoms with E-state index in [4.69, 9.17) is 0 Å². The molecule has 0 amide bonds. The second kappa shape index (κ2) is 8.89. The third-order valence-electron chi connectivity index (χ3n) is 9.13. The fraction of sp³-hybridized carbons (Fsp3) is 0.0500. The van der Waals surface area contributed by atoms with E-state index >= 15 is 0 Å². The summed E-state index contributed by atoms with van der Waals surface area (Å²) < 4.78 is 2.71. The highest BCUT2D eigenvalue weighted by atomic mass is 32.1. The number of hydrogen-bond donors (Lipinski definition) is 0. The average molecular weight is 539 g/mol. The lowest BCUT2D eigenvalue weighted by atomic mass is 9.61. The summed E-state index contributed by atoms with van der Waals surface area (Å²) in [7, 11) is 0. The minimum Gasteiger partial charge on any atom is -0.135 e. The van der Waals surface area contributed by atoms with E-state index in [1.54, 1.807) is 0 Å². The molecule has 4 aromatic carbocycles. The zero-order valence-corrected chi connectivity index (χ0v) is 23.2. The lowest BCUT2D eigenvalue weighted by Gasteiger charge is -2.42. The molecule has 1 aromatic heterocycles. The molecule has 2 atom stereocenters. The Kier molecular flexibility index (Phi) is 5.00. The Morgan fingerprint density at radius 1 is 0.463 bits per heavy atom. The molecule has 1 heteroatoms. The van der Waals surface area contributed by atoms with Gasteiger partial charge in [0.05, 0.1) is 0 Å². The van der Waals surface area contributed by atoms with Gasteiger partial charge in [-0.05, 0) is 73.9 Å². The maximum Gasteiger partial charge on any atom is 0.0355 e. The zero-order chi connectivity index (χ0) is 26.9. The van der Waals surface area contributed by atoms with Gasteiger partial charge in [-0.3, -0.25) is 0 Å². The fourth-order valence-electron chi connectivity index (χ4n) is 7.17. The van der Waals surface area contributed by atoms with Gasteiger partial charge in [0.25, 0.3) is 0 Å². The van der Waals surface area contributed by atoms with Gasteiger partial charge in [-0.1, -0.05) is 127 Å². The van der Waals surface area contributed by atoms with Gasteiger partial charge >= 0.3 is 0 Å². The maximum atomic E-state index is 2.41. The predicted octanol–water partition coefficient (Wildman–Crippen LogP) is 10.7. The number of thiophene rings is 1. The largest absolute Gasteiger partial charge is 0.135 e. The monoisotopic (exact) mass is 538 g/mol. The van der Waals surface area contributed by atoms with E-state index in [0.717, 1.165) is 0 Å². The lowest BCUT2D eigenvalue weighted by molar-refractivity contribution is 0.569. The van der Waals surface area contributed by atoms with Gasteiger partial charge in [-0.15, -0.1) is 11.3 Å². The van der Waals surface area contributed by atoms with Crippen LogP contribution in [-0.4, -0.2) is 0 Å². The molecule has 0 aliphatic heterocycles. The second-order valence-electron chi connectivity index (χ2n) is 11.3. The molecule has 192 valence electrons. The summed E-state index contributed by atoms with van der Waals surface area (Å²) in [6, 6.07) is 35.5. The summed E-state index contributed by atoms with van der Waals surface area (Å²) >= 11 is 1.88. The molecule has 0 radical (unpaired) electrons. The fourth-order valence-corrected chi connectivity index (χ4v) is 8.25. The van der Waals surface area contributed by atoms with Gasteiger partial charge in [0.2, 0.25) is 0 Å². The van der Waals surface area contributed by atoms with Crippen molar-refractivity contribution >= 4 is 42.7 Å². The van der Waals surface area contributed by atoms with Crippen LogP contribution in [0.2, 0.25) is 0 Å². The van der Waals surface area contributed by atoms with Crippen LogP contribution >= 0.6 is 11.3 Å². The molecule has 5 aromatic rings. The molecule has 41 heavy (non-hydrogen) atoms. The third kappa shape index (κ3) is 3.53. The highest BCUT2D eigenvalue weighted by Crippen LogP contribution is 2.54. The molecule has 0 saturated heterocycles. The minimum absolute atomic E-state index is 0.341. The molecular formula is C40H26S. The van der Waals surface area contributed by atoms with Crippen molar-refractivity contribution < 1.29 is 0 Å². The van der Waals surface area contributed by atoms with E-state index in [1.807, 2.05) is 11.3 Å². The first-order valence-electron chi connectivity index (χ1n) is 14.3. The molecular weight excluding hydrogens is 513 g/mol. The van der Waals surface area contributed by atoms with Crippen LogP contribution in [0.5, 0.6) is 0 Å². The molecule has 4 aliphatic rings. The van der Waals surface area contributed by atoms with Gasteiger partial charge in [0, 0.05) is 32.0 Å². The summed E-state index contributed by atoms with van der Waals surface area (Å²) in [5.41, 5.74) is 13.5. The summed E-state index contributed by atoms with van der Waals surface area (Å²) in [4.78, 5) is 0. The van der Waals surface area contributed by atoms with Crippen LogP contribution in [0.3, 0.4) is 0 Å². The molecule has 0 N–H and O–H groups in total. The number of rotatable bonds is 3. The van der Waals surface area contributed by atoms with Crippen molar-refractivity contribution in [2.24, 2.45) is 11.8 Å². The first kappa shape index (κ1) is 23.0. The molecule has 0 spiro atoms. The molecule has 1 heterocycles. The van der Waals surface area contributed by atoms with Crippen LogP contribution in [0, 0.1) is 11.8 Å². The van der Waals surface area contributed by atoms with E-state index < -0.39 is 0 Å². The summed E-state index contributed by atoms with van der Waals surface area (Å²) in [6.07, 6.45) is 18.8. The van der Waals surface area contributed by atoms with E-state index in [1.165, 1.54) is 75.9 Å². The van der Waals surface area contributed by atoms with Crippen LogP contribution in [0.1, 0.15) is 11.1 Å². The molecule has 9 rings (SSSR count). The number of benzene rings is 4. The topological polar surface area (TPSA) is 0 Å². The van der Waals surface area contributed by atoms with Crippen molar-refractivity contribution in [1.82, 2.24) is 0 Å². The molecule has 0 fully saturated rings. The van der Waals surface area contributed by atoms with Crippen LogP contribution in [0.15, 0.2) is 168 Å². The summed E-state index contributed by atoms with van der Waals surface area (Å²) in [5.74, 6) is 0.683. The Morgan fingerprint density at radius 3 is 2.05 bits per heavy atom. The van der Waals surface area contributed by atoms with Crippen molar-refractivity contribution in [3.8, 4) is 11.1 Å². The van der Waals surface area contributed by atoms with Crippen LogP contribution < -0.4 is 0 Å². The molecule has 2 unspecified atom stereocenters. The van der Waals surface area contributed by atoms with Gasteiger partial charge in [-0.25, -0.2) is 0 Å². The van der Waals surface area contributed by atoms with Crippen LogP contribution in [0.25, 0.3) is 42.4 Å². The van der Waals surface area contributed by atoms with E-state index in [-0.39, 0.29) is 0 Å². The second-order valence-corrected chi connectivity index (χ2v) is 12.4. The van der Waals surface area contributed by atoms with Gasteiger partial charge in [-0.2, -0.15) is 0 Å². The van der Waals surface area contributed by atoms with Crippen molar-refractivity contribution in [2.75, 3.05) is 0 Å². The smallest absolute Gasteiger partial charge is 0.0355 e. The Labute approximate surface area is 244 Å². The summed E-state index contributed by atoms with van der Waals surface area (Å²) in [6.45, 7) is 0. The van der Waals surface area contributed by atoms with E-state index in [0.29, 0.717) is 11.8 Å². The molecule has 0 nitrogen and oxygen atoms in total. The first-order valence-corrected chi connectivity index (χ1v) is 15.2. The van der Waals surface area contributed by atoms with Gasteiger partial charge in [0.15, 0.2) is 0 Å². The van der Waals surface area contributed by atoms with Crippen LogP contribution in [-0.2, 0) is 0 Å². The normalized spacial score (nSPS) is 20.5. The van der Waals surface area contributed by atoms with Gasteiger partial charge < -0.3 is 0 Å². The summed E-state index contributed by atoms with van der Waals surface area (Å²) in [5, 5.41) is 2.71. The molecule has 4 aliphatic carbocycles. The van der Waals surface area contributed by atoms with Crippen molar-refractivity contribution in [1.29, 1.82) is 0 Å². The molecule has 0 bridgehead atoms. The Hall–Kier alpha value is -4.72. The highest BCUT2D eigenvalue weighted by molar-refractivity contribution is 7.25. The average Bonchev–Trinajstić information content (AvgIpc) is 3.42. The first-order chi connectivity index (χ1) is 20.3. The molecule has 0 saturated carbocycles. The highest BCUT2D eigenvalue weighted by Gasteiger charge is 2.40. The third-order valence-corrected chi connectivity index (χ3v) is 10.3. The SMILES string of the molecule is C1=CC2=C(c3ccc(-c4ccccc4)cc3)C=CC3=CC=C4C(c5ccc6sc7ccccc7c6c5)=CC=C1C4C32. The van der Waals surface area contributed by atoms with Crippen molar-refractivity contribution in [2.45, 2.75) is 0 Å². The quantitative estimate of drug-likeness (QED) is 0.214. The standard InChI is InChI=1S/C40H26S/c1-2-6-25(7-3-1)26-10-12-27(13-11-26)31-19-14-28-17-22-35-32(20-15-29-16-21-34(31)39(28)40(29)35)30-18-23-38-36(24-30)33-8-4-5-9-37(33)41-38/h1-24,39-40H.